The molecule has 1 atom stereocenters. The summed E-state index contributed by atoms with van der Waals surface area (Å²) in [6, 6.07) is 15.9. The van der Waals surface area contributed by atoms with Gasteiger partial charge >= 0.3 is 5.97 Å². The van der Waals surface area contributed by atoms with Crippen LogP contribution in [0.3, 0.4) is 0 Å². The Labute approximate surface area is 123 Å². The summed E-state index contributed by atoms with van der Waals surface area (Å²) in [5, 5.41) is 18.7. The molecule has 2 aromatic carbocycles. The monoisotopic (exact) mass is 280 g/mol. The minimum atomic E-state index is -1.50. The lowest BCUT2D eigenvalue weighted by Gasteiger charge is -2.13. The Morgan fingerprint density at radius 1 is 0.952 bits per heavy atom. The molecular formula is C18H16O3. The van der Waals surface area contributed by atoms with Gasteiger partial charge in [-0.05, 0) is 46.7 Å². The topological polar surface area (TPSA) is 57.5 Å². The number of rotatable bonds is 2. The fourth-order valence-electron chi connectivity index (χ4n) is 2.83. The zero-order chi connectivity index (χ0) is 14.8. The molecule has 21 heavy (non-hydrogen) atoms. The van der Waals surface area contributed by atoms with E-state index in [0.29, 0.717) is 0 Å². The number of benzene rings is 2. The van der Waals surface area contributed by atoms with Gasteiger partial charge in [0.25, 0.3) is 0 Å². The molecule has 0 spiro atoms. The molecule has 1 aliphatic carbocycles. The van der Waals surface area contributed by atoms with Gasteiger partial charge in [-0.2, -0.15) is 0 Å². The zero-order valence-corrected chi connectivity index (χ0v) is 11.5. The molecule has 2 aromatic rings. The molecular weight excluding hydrogens is 264 g/mol. The Morgan fingerprint density at radius 3 is 1.90 bits per heavy atom. The summed E-state index contributed by atoms with van der Waals surface area (Å²) < 4.78 is 0. The van der Waals surface area contributed by atoms with Crippen molar-refractivity contribution in [3.05, 3.63) is 76.9 Å². The van der Waals surface area contributed by atoms with Crippen LogP contribution in [0.4, 0.5) is 0 Å². The molecule has 0 aromatic heterocycles. The number of fused-ring (bicyclic) bond motifs is 2. The molecule has 0 bridgehead atoms. The van der Waals surface area contributed by atoms with Crippen molar-refractivity contribution in [2.45, 2.75) is 18.9 Å². The van der Waals surface area contributed by atoms with Crippen molar-refractivity contribution in [3.8, 4) is 0 Å². The number of aliphatic hydroxyl groups is 1. The van der Waals surface area contributed by atoms with Crippen molar-refractivity contribution in [2.75, 3.05) is 0 Å². The van der Waals surface area contributed by atoms with Crippen LogP contribution in [0, 0.1) is 0 Å². The van der Waals surface area contributed by atoms with Crippen LogP contribution in [0.1, 0.15) is 22.3 Å². The maximum Gasteiger partial charge on any atom is 0.336 e. The first-order chi connectivity index (χ1) is 10.2. The van der Waals surface area contributed by atoms with Crippen LogP contribution in [-0.4, -0.2) is 22.3 Å². The number of aliphatic hydroxyl groups excluding tert-OH is 1. The highest BCUT2D eigenvalue weighted by molar-refractivity contribution is 5.87. The summed E-state index contributed by atoms with van der Waals surface area (Å²) >= 11 is 0. The lowest BCUT2D eigenvalue weighted by molar-refractivity contribution is -0.144. The highest BCUT2D eigenvalue weighted by Gasteiger charge is 2.20. The van der Waals surface area contributed by atoms with Gasteiger partial charge in [-0.15, -0.1) is 0 Å². The van der Waals surface area contributed by atoms with E-state index in [9.17, 15) is 9.90 Å². The van der Waals surface area contributed by atoms with Crippen molar-refractivity contribution in [3.63, 3.8) is 0 Å². The Balaban J connectivity index is 2.22. The number of carboxylic acid groups (broad SMARTS) is 1. The van der Waals surface area contributed by atoms with Gasteiger partial charge in [0.2, 0.25) is 0 Å². The average Bonchev–Trinajstić information content (AvgIpc) is 2.65. The van der Waals surface area contributed by atoms with Crippen LogP contribution in [0.2, 0.25) is 0 Å². The molecule has 3 nitrogen and oxygen atoms in total. The highest BCUT2D eigenvalue weighted by atomic mass is 16.4. The van der Waals surface area contributed by atoms with Gasteiger partial charge in [0.1, 0.15) is 0 Å². The lowest BCUT2D eigenvalue weighted by Crippen LogP contribution is -2.17. The van der Waals surface area contributed by atoms with Crippen LogP contribution < -0.4 is 0 Å². The molecule has 0 radical (unpaired) electrons. The summed E-state index contributed by atoms with van der Waals surface area (Å²) in [4.78, 5) is 11.0. The van der Waals surface area contributed by atoms with E-state index in [1.54, 1.807) is 0 Å². The molecule has 106 valence electrons. The fraction of sp³-hybridized carbons (Fsp3) is 0.167. The van der Waals surface area contributed by atoms with E-state index in [4.69, 9.17) is 5.11 Å². The molecule has 2 N–H and O–H groups in total. The quantitative estimate of drug-likeness (QED) is 0.889. The second-order valence-corrected chi connectivity index (χ2v) is 5.18. The third kappa shape index (κ3) is 2.60. The summed E-state index contributed by atoms with van der Waals surface area (Å²) in [5.74, 6) is -1.23. The van der Waals surface area contributed by atoms with Gasteiger partial charge in [-0.1, -0.05) is 48.5 Å². The standard InChI is InChI=1S/C18H16O3/c19-17(18(20)21)11-16-14-7-3-1-5-12(14)9-10-13-6-2-4-8-15(13)16/h1-8,11,17,19H,9-10H2,(H,20,21). The average molecular weight is 280 g/mol. The number of aryl methyl sites for hydroxylation is 2. The molecule has 0 heterocycles. The second kappa shape index (κ2) is 5.54. The molecule has 0 amide bonds. The molecule has 1 aliphatic rings. The van der Waals surface area contributed by atoms with E-state index in [-0.39, 0.29) is 0 Å². The molecule has 0 saturated heterocycles. The first kappa shape index (κ1) is 13.6. The van der Waals surface area contributed by atoms with Gasteiger partial charge < -0.3 is 10.2 Å². The minimum Gasteiger partial charge on any atom is -0.479 e. The Bertz CT molecular complexity index is 666. The SMILES string of the molecule is O=C(O)C(O)C=C1c2ccccc2CCc2ccccc21. The Morgan fingerprint density at radius 2 is 1.43 bits per heavy atom. The van der Waals surface area contributed by atoms with E-state index in [1.807, 2.05) is 36.4 Å². The van der Waals surface area contributed by atoms with Crippen molar-refractivity contribution in [2.24, 2.45) is 0 Å². The van der Waals surface area contributed by atoms with E-state index >= 15 is 0 Å². The highest BCUT2D eigenvalue weighted by Crippen LogP contribution is 2.33. The normalized spacial score (nSPS) is 14.6. The fourth-order valence-corrected chi connectivity index (χ4v) is 2.83. The van der Waals surface area contributed by atoms with Crippen molar-refractivity contribution in [1.82, 2.24) is 0 Å². The van der Waals surface area contributed by atoms with Gasteiger partial charge in [0, 0.05) is 0 Å². The first-order valence-electron chi connectivity index (χ1n) is 6.96. The van der Waals surface area contributed by atoms with Crippen LogP contribution in [-0.2, 0) is 17.6 Å². The van der Waals surface area contributed by atoms with Gasteiger partial charge in [0.15, 0.2) is 6.10 Å². The summed E-state index contributed by atoms with van der Waals surface area (Å²) in [6.07, 6.45) is 1.76. The van der Waals surface area contributed by atoms with Crippen molar-refractivity contribution < 1.29 is 15.0 Å². The minimum absolute atomic E-state index is 0.800. The van der Waals surface area contributed by atoms with Crippen LogP contribution in [0.25, 0.3) is 5.57 Å². The Hall–Kier alpha value is -2.39. The Kier molecular flexibility index (Phi) is 3.59. The maximum atomic E-state index is 11.0. The maximum absolute atomic E-state index is 11.0. The summed E-state index contributed by atoms with van der Waals surface area (Å²) in [5.41, 5.74) is 5.16. The number of hydrogen-bond donors (Lipinski definition) is 2. The molecule has 3 rings (SSSR count). The van der Waals surface area contributed by atoms with Crippen LogP contribution in [0.15, 0.2) is 54.6 Å². The van der Waals surface area contributed by atoms with Crippen molar-refractivity contribution >= 4 is 11.5 Å². The molecule has 1 unspecified atom stereocenters. The summed E-state index contributed by atoms with van der Waals surface area (Å²) in [7, 11) is 0. The third-order valence-electron chi connectivity index (χ3n) is 3.86. The predicted octanol–water partition coefficient (Wildman–Crippen LogP) is 2.66. The second-order valence-electron chi connectivity index (χ2n) is 5.18. The van der Waals surface area contributed by atoms with Crippen molar-refractivity contribution in [1.29, 1.82) is 0 Å². The van der Waals surface area contributed by atoms with Crippen LogP contribution >= 0.6 is 0 Å². The van der Waals surface area contributed by atoms with Crippen LogP contribution in [0.5, 0.6) is 0 Å². The van der Waals surface area contributed by atoms with Gasteiger partial charge in [-0.3, -0.25) is 0 Å². The van der Waals surface area contributed by atoms with E-state index in [2.05, 4.69) is 12.1 Å². The smallest absolute Gasteiger partial charge is 0.336 e. The lowest BCUT2D eigenvalue weighted by atomic mass is 9.93. The molecule has 0 saturated carbocycles. The van der Waals surface area contributed by atoms with Gasteiger partial charge in [0.05, 0.1) is 0 Å². The molecule has 3 heteroatoms. The number of aliphatic carboxylic acids is 1. The third-order valence-corrected chi connectivity index (χ3v) is 3.86. The van der Waals surface area contributed by atoms with Gasteiger partial charge in [-0.25, -0.2) is 4.79 Å². The molecule has 0 fully saturated rings. The van der Waals surface area contributed by atoms with E-state index in [1.165, 1.54) is 17.2 Å². The number of carboxylic acids is 1. The van der Waals surface area contributed by atoms with E-state index in [0.717, 1.165) is 29.5 Å². The number of carbonyl (C=O) groups is 1. The first-order valence-corrected chi connectivity index (χ1v) is 6.96. The number of hydrogen-bond acceptors (Lipinski definition) is 2. The van der Waals surface area contributed by atoms with E-state index < -0.39 is 12.1 Å². The molecule has 0 aliphatic heterocycles. The largest absolute Gasteiger partial charge is 0.479 e. The summed E-state index contributed by atoms with van der Waals surface area (Å²) in [6.45, 7) is 0. The zero-order valence-electron chi connectivity index (χ0n) is 11.5. The predicted molar refractivity (Wildman–Crippen MR) is 81.0 cm³/mol.